The number of hydrogen-bond donors (Lipinski definition) is 2. The van der Waals surface area contributed by atoms with Crippen LogP contribution < -0.4 is 10.9 Å². The molecular weight excluding hydrogens is 218 g/mol. The van der Waals surface area contributed by atoms with Gasteiger partial charge in [-0.05, 0) is 12.1 Å². The molecule has 1 heterocycles. The lowest BCUT2D eigenvalue weighted by molar-refractivity contribution is -0.485. The highest BCUT2D eigenvalue weighted by molar-refractivity contribution is 5.72. The SMILES string of the molecule is CN(C)C(ON1Nc2ccccc2N1)=[N+](C)C. The van der Waals surface area contributed by atoms with E-state index < -0.39 is 0 Å². The quantitative estimate of drug-likeness (QED) is 0.428. The van der Waals surface area contributed by atoms with Crippen LogP contribution in [0.15, 0.2) is 24.3 Å². The van der Waals surface area contributed by atoms with Crippen LogP contribution in [0.4, 0.5) is 11.4 Å². The van der Waals surface area contributed by atoms with Crippen molar-refractivity contribution in [1.29, 1.82) is 0 Å². The summed E-state index contributed by atoms with van der Waals surface area (Å²) in [4.78, 5) is 7.59. The average Bonchev–Trinajstić information content (AvgIpc) is 2.67. The molecule has 6 heteroatoms. The molecule has 0 unspecified atom stereocenters. The van der Waals surface area contributed by atoms with E-state index in [9.17, 15) is 0 Å². The maximum Gasteiger partial charge on any atom is 0.467 e. The molecule has 0 saturated heterocycles. The van der Waals surface area contributed by atoms with Crippen molar-refractivity contribution in [2.24, 2.45) is 0 Å². The number of para-hydroxylation sites is 2. The molecule has 92 valence electrons. The Balaban J connectivity index is 2.07. The number of hydrogen-bond acceptors (Lipinski definition) is 4. The van der Waals surface area contributed by atoms with Gasteiger partial charge in [-0.1, -0.05) is 12.1 Å². The lowest BCUT2D eigenvalue weighted by Crippen LogP contribution is -2.41. The molecule has 1 aromatic rings. The van der Waals surface area contributed by atoms with Gasteiger partial charge in [0.2, 0.25) is 0 Å². The molecule has 0 aliphatic carbocycles. The normalized spacial score (nSPS) is 13.4. The van der Waals surface area contributed by atoms with E-state index >= 15 is 0 Å². The second kappa shape index (κ2) is 4.50. The lowest BCUT2D eigenvalue weighted by atomic mass is 10.3. The Morgan fingerprint density at radius 3 is 2.12 bits per heavy atom. The molecule has 2 rings (SSSR count). The maximum atomic E-state index is 5.70. The molecule has 0 amide bonds. The Morgan fingerprint density at radius 1 is 1.18 bits per heavy atom. The van der Waals surface area contributed by atoms with Gasteiger partial charge in [0.05, 0.1) is 44.8 Å². The summed E-state index contributed by atoms with van der Waals surface area (Å²) in [5.41, 5.74) is 8.18. The van der Waals surface area contributed by atoms with E-state index in [4.69, 9.17) is 4.84 Å². The first kappa shape index (κ1) is 11.5. The van der Waals surface area contributed by atoms with Gasteiger partial charge < -0.3 is 0 Å². The van der Waals surface area contributed by atoms with Crippen molar-refractivity contribution in [3.63, 3.8) is 0 Å². The summed E-state index contributed by atoms with van der Waals surface area (Å²) >= 11 is 0. The van der Waals surface area contributed by atoms with Gasteiger partial charge in [-0.2, -0.15) is 0 Å². The topological polar surface area (TPSA) is 42.8 Å². The second-order valence-electron chi connectivity index (χ2n) is 4.23. The number of nitrogens with one attached hydrogen (secondary N) is 2. The predicted molar refractivity (Wildman–Crippen MR) is 67.4 cm³/mol. The zero-order valence-corrected chi connectivity index (χ0v) is 10.6. The highest BCUT2D eigenvalue weighted by Gasteiger charge is 2.24. The van der Waals surface area contributed by atoms with Crippen LogP contribution in [0.3, 0.4) is 0 Å². The van der Waals surface area contributed by atoms with Crippen molar-refractivity contribution in [2.45, 2.75) is 0 Å². The van der Waals surface area contributed by atoms with Crippen LogP contribution in [0.25, 0.3) is 0 Å². The lowest BCUT2D eigenvalue weighted by Gasteiger charge is -2.18. The van der Waals surface area contributed by atoms with Gasteiger partial charge in [-0.15, -0.1) is 0 Å². The molecule has 0 saturated carbocycles. The van der Waals surface area contributed by atoms with Gasteiger partial charge in [-0.25, -0.2) is 9.48 Å². The van der Waals surface area contributed by atoms with Gasteiger partial charge in [0.1, 0.15) is 0 Å². The van der Waals surface area contributed by atoms with Crippen LogP contribution in [-0.4, -0.2) is 49.0 Å². The summed E-state index contributed by atoms with van der Waals surface area (Å²) in [5, 5.41) is 1.49. The van der Waals surface area contributed by atoms with Crippen LogP contribution in [0.2, 0.25) is 0 Å². The minimum absolute atomic E-state index is 0.720. The van der Waals surface area contributed by atoms with Crippen molar-refractivity contribution in [3.05, 3.63) is 24.3 Å². The van der Waals surface area contributed by atoms with Gasteiger partial charge in [-0.3, -0.25) is 15.7 Å². The summed E-state index contributed by atoms with van der Waals surface area (Å²) in [7, 11) is 7.72. The molecule has 1 aromatic carbocycles. The van der Waals surface area contributed by atoms with Gasteiger partial charge in [0, 0.05) is 0 Å². The molecule has 0 fully saturated rings. The first-order valence-corrected chi connectivity index (χ1v) is 5.40. The Bertz CT molecular complexity index is 414. The van der Waals surface area contributed by atoms with Crippen LogP contribution in [0, 0.1) is 0 Å². The van der Waals surface area contributed by atoms with Gasteiger partial charge in [0.25, 0.3) is 0 Å². The van der Waals surface area contributed by atoms with Gasteiger partial charge in [0.15, 0.2) is 0 Å². The Hall–Kier alpha value is -1.95. The molecule has 0 spiro atoms. The zero-order chi connectivity index (χ0) is 12.4. The largest absolute Gasteiger partial charge is 0.467 e. The van der Waals surface area contributed by atoms with E-state index in [1.807, 2.05) is 61.9 Å². The summed E-state index contributed by atoms with van der Waals surface area (Å²) < 4.78 is 1.90. The molecule has 1 aliphatic heterocycles. The van der Waals surface area contributed by atoms with E-state index in [1.165, 1.54) is 5.28 Å². The molecule has 0 radical (unpaired) electrons. The summed E-state index contributed by atoms with van der Waals surface area (Å²) in [5.74, 6) is 0. The first-order chi connectivity index (χ1) is 8.08. The van der Waals surface area contributed by atoms with E-state index in [-0.39, 0.29) is 0 Å². The molecule has 6 nitrogen and oxygen atoms in total. The molecule has 0 aromatic heterocycles. The maximum absolute atomic E-state index is 5.70. The van der Waals surface area contributed by atoms with Crippen molar-refractivity contribution in [3.8, 4) is 0 Å². The van der Waals surface area contributed by atoms with Crippen LogP contribution in [0.5, 0.6) is 0 Å². The Kier molecular flexibility index (Phi) is 3.06. The number of fused-ring (bicyclic) bond motifs is 1. The Labute approximate surface area is 101 Å². The fourth-order valence-corrected chi connectivity index (χ4v) is 1.62. The molecule has 17 heavy (non-hydrogen) atoms. The van der Waals surface area contributed by atoms with Crippen LogP contribution in [0.1, 0.15) is 0 Å². The van der Waals surface area contributed by atoms with E-state index in [2.05, 4.69) is 10.9 Å². The van der Waals surface area contributed by atoms with Crippen molar-refractivity contribution in [1.82, 2.24) is 10.2 Å². The third-order valence-corrected chi connectivity index (χ3v) is 2.31. The van der Waals surface area contributed by atoms with Gasteiger partial charge >= 0.3 is 6.02 Å². The molecule has 0 atom stereocenters. The third kappa shape index (κ3) is 2.42. The molecule has 1 aliphatic rings. The number of benzene rings is 1. The summed E-state index contributed by atoms with van der Waals surface area (Å²) in [6.07, 6.45) is 0. The molecule has 0 bridgehead atoms. The summed E-state index contributed by atoms with van der Waals surface area (Å²) in [6.45, 7) is 0. The minimum atomic E-state index is 0.720. The van der Waals surface area contributed by atoms with E-state index in [0.717, 1.165) is 17.4 Å². The summed E-state index contributed by atoms with van der Waals surface area (Å²) in [6, 6.07) is 8.63. The van der Waals surface area contributed by atoms with E-state index in [1.54, 1.807) is 0 Å². The second-order valence-corrected chi connectivity index (χ2v) is 4.23. The number of rotatable bonds is 1. The Morgan fingerprint density at radius 2 is 1.71 bits per heavy atom. The fourth-order valence-electron chi connectivity index (χ4n) is 1.62. The highest BCUT2D eigenvalue weighted by Crippen LogP contribution is 2.27. The highest BCUT2D eigenvalue weighted by atomic mass is 16.8. The third-order valence-electron chi connectivity index (χ3n) is 2.31. The zero-order valence-electron chi connectivity index (χ0n) is 10.6. The minimum Gasteiger partial charge on any atom is -0.292 e. The van der Waals surface area contributed by atoms with Crippen molar-refractivity contribution in [2.75, 3.05) is 39.0 Å². The first-order valence-electron chi connectivity index (χ1n) is 5.40. The van der Waals surface area contributed by atoms with E-state index in [0.29, 0.717) is 0 Å². The van der Waals surface area contributed by atoms with Crippen molar-refractivity contribution >= 4 is 17.4 Å². The number of anilines is 2. The number of amidine groups is 1. The average molecular weight is 236 g/mol. The monoisotopic (exact) mass is 236 g/mol. The van der Waals surface area contributed by atoms with Crippen molar-refractivity contribution < 1.29 is 9.41 Å². The standard InChI is InChI=1S/C11H18N5O/c1-14(2)11(15(3)4)17-16-12-9-7-5-6-8-10(9)13-16/h5-8,12-13H,1-4H3/q+1. The fraction of sp³-hybridized carbons (Fsp3) is 0.364. The predicted octanol–water partition coefficient (Wildman–Crippen LogP) is 0.777. The number of hydrazine groups is 2. The van der Waals surface area contributed by atoms with Crippen LogP contribution >= 0.6 is 0 Å². The number of nitrogens with zero attached hydrogens (tertiary/aromatic N) is 3. The molecular formula is C11H18N5O+. The van der Waals surface area contributed by atoms with Crippen LogP contribution in [-0.2, 0) is 4.84 Å². The molecule has 2 N–H and O–H groups in total. The smallest absolute Gasteiger partial charge is 0.292 e.